The zero-order valence-electron chi connectivity index (χ0n) is 10.8. The van der Waals surface area contributed by atoms with Crippen LogP contribution in [0, 0.1) is 6.92 Å². The summed E-state index contributed by atoms with van der Waals surface area (Å²) in [6.45, 7) is 3.26. The highest BCUT2D eigenvalue weighted by Crippen LogP contribution is 2.18. The Morgan fingerprint density at radius 3 is 2.95 bits per heavy atom. The van der Waals surface area contributed by atoms with Gasteiger partial charge in [-0.1, -0.05) is 0 Å². The number of carbonyl (C=O) groups excluding carboxylic acids is 1. The largest absolute Gasteiger partial charge is 0.481 e. The number of morpholine rings is 1. The molecule has 1 fully saturated rings. The van der Waals surface area contributed by atoms with Gasteiger partial charge in [-0.2, -0.15) is 0 Å². The quantitative estimate of drug-likeness (QED) is 0.904. The molecular weight excluding hydrogens is 266 g/mol. The van der Waals surface area contributed by atoms with Crippen LogP contribution in [0.4, 0.5) is 0 Å². The van der Waals surface area contributed by atoms with Gasteiger partial charge < -0.3 is 14.7 Å². The minimum atomic E-state index is -0.903. The molecule has 0 bridgehead atoms. The van der Waals surface area contributed by atoms with Gasteiger partial charge in [-0.3, -0.25) is 9.59 Å². The first-order chi connectivity index (χ1) is 9.06. The van der Waals surface area contributed by atoms with Gasteiger partial charge in [-0.15, -0.1) is 11.3 Å². The molecule has 1 aromatic rings. The van der Waals surface area contributed by atoms with Crippen molar-refractivity contribution < 1.29 is 19.4 Å². The Bertz CT molecular complexity index is 471. The van der Waals surface area contributed by atoms with E-state index >= 15 is 0 Å². The SMILES string of the molecule is Cc1ccc(CC(=O)N2CCOCC2CC(=O)O)s1. The van der Waals surface area contributed by atoms with E-state index in [0.717, 1.165) is 4.88 Å². The van der Waals surface area contributed by atoms with Crippen molar-refractivity contribution in [1.29, 1.82) is 0 Å². The van der Waals surface area contributed by atoms with Crippen molar-refractivity contribution >= 4 is 23.2 Å². The molecule has 0 aromatic carbocycles. The topological polar surface area (TPSA) is 66.8 Å². The molecule has 0 aliphatic carbocycles. The molecule has 0 saturated carbocycles. The Morgan fingerprint density at radius 2 is 2.32 bits per heavy atom. The van der Waals surface area contributed by atoms with Crippen molar-refractivity contribution in [3.05, 3.63) is 21.9 Å². The van der Waals surface area contributed by atoms with Gasteiger partial charge in [-0.05, 0) is 19.1 Å². The maximum Gasteiger partial charge on any atom is 0.305 e. The molecule has 2 heterocycles. The first-order valence-electron chi connectivity index (χ1n) is 6.20. The van der Waals surface area contributed by atoms with E-state index in [-0.39, 0.29) is 18.4 Å². The van der Waals surface area contributed by atoms with Gasteiger partial charge >= 0.3 is 5.97 Å². The van der Waals surface area contributed by atoms with Crippen LogP contribution < -0.4 is 0 Å². The second kappa shape index (κ2) is 6.16. The maximum atomic E-state index is 12.3. The number of carbonyl (C=O) groups is 2. The van der Waals surface area contributed by atoms with Crippen molar-refractivity contribution in [2.75, 3.05) is 19.8 Å². The summed E-state index contributed by atoms with van der Waals surface area (Å²) < 4.78 is 5.26. The predicted molar refractivity (Wildman–Crippen MR) is 71.3 cm³/mol. The van der Waals surface area contributed by atoms with Crippen LogP contribution in [0.25, 0.3) is 0 Å². The monoisotopic (exact) mass is 283 g/mol. The second-order valence-corrected chi connectivity index (χ2v) is 5.98. The average Bonchev–Trinajstić information content (AvgIpc) is 2.74. The second-order valence-electron chi connectivity index (χ2n) is 4.60. The molecule has 5 nitrogen and oxygen atoms in total. The van der Waals surface area contributed by atoms with Crippen molar-refractivity contribution in [1.82, 2.24) is 4.90 Å². The van der Waals surface area contributed by atoms with E-state index in [2.05, 4.69) is 0 Å². The minimum Gasteiger partial charge on any atom is -0.481 e. The summed E-state index contributed by atoms with van der Waals surface area (Å²) in [5.74, 6) is -0.920. The van der Waals surface area contributed by atoms with Crippen molar-refractivity contribution in [3.8, 4) is 0 Å². The first-order valence-corrected chi connectivity index (χ1v) is 7.02. The summed E-state index contributed by atoms with van der Waals surface area (Å²) in [4.78, 5) is 26.9. The number of aliphatic carboxylic acids is 1. The standard InChI is InChI=1S/C13H17NO4S/c1-9-2-3-11(19-9)7-12(15)14-4-5-18-8-10(14)6-13(16)17/h2-3,10H,4-8H2,1H3,(H,16,17). The number of rotatable bonds is 4. The Hall–Kier alpha value is -1.40. The molecule has 1 aliphatic heterocycles. The third-order valence-corrected chi connectivity index (χ3v) is 4.08. The van der Waals surface area contributed by atoms with Gasteiger partial charge in [0.05, 0.1) is 32.1 Å². The lowest BCUT2D eigenvalue weighted by Gasteiger charge is -2.34. The zero-order valence-corrected chi connectivity index (χ0v) is 11.6. The highest BCUT2D eigenvalue weighted by Gasteiger charge is 2.29. The van der Waals surface area contributed by atoms with Crippen LogP contribution in [-0.2, 0) is 20.7 Å². The van der Waals surface area contributed by atoms with E-state index in [0.29, 0.717) is 26.2 Å². The molecule has 1 aliphatic rings. The number of amides is 1. The molecule has 1 amide bonds. The van der Waals surface area contributed by atoms with Crippen LogP contribution >= 0.6 is 11.3 Å². The summed E-state index contributed by atoms with van der Waals surface area (Å²) >= 11 is 1.60. The molecule has 1 unspecified atom stereocenters. The fraction of sp³-hybridized carbons (Fsp3) is 0.538. The minimum absolute atomic E-state index is 0.0172. The lowest BCUT2D eigenvalue weighted by molar-refractivity contribution is -0.145. The van der Waals surface area contributed by atoms with Gasteiger partial charge in [0.25, 0.3) is 0 Å². The summed E-state index contributed by atoms with van der Waals surface area (Å²) in [7, 11) is 0. The van der Waals surface area contributed by atoms with E-state index in [1.807, 2.05) is 19.1 Å². The third-order valence-electron chi connectivity index (χ3n) is 3.08. The summed E-state index contributed by atoms with van der Waals surface area (Å²) in [6.07, 6.45) is 0.282. The van der Waals surface area contributed by atoms with Crippen LogP contribution in [0.1, 0.15) is 16.2 Å². The van der Waals surface area contributed by atoms with Gasteiger partial charge in [0.2, 0.25) is 5.91 Å². The van der Waals surface area contributed by atoms with Crippen LogP contribution in [0.2, 0.25) is 0 Å². The average molecular weight is 283 g/mol. The molecule has 1 N–H and O–H groups in total. The number of ether oxygens (including phenoxy) is 1. The van der Waals surface area contributed by atoms with Crippen LogP contribution in [-0.4, -0.2) is 47.7 Å². The van der Waals surface area contributed by atoms with Gasteiger partial charge in [0, 0.05) is 16.3 Å². The molecular formula is C13H17NO4S. The number of aryl methyl sites for hydroxylation is 1. The van der Waals surface area contributed by atoms with E-state index in [4.69, 9.17) is 9.84 Å². The molecule has 19 heavy (non-hydrogen) atoms. The molecule has 6 heteroatoms. The number of carboxylic acids is 1. The first kappa shape index (κ1) is 14.0. The van der Waals surface area contributed by atoms with E-state index in [1.54, 1.807) is 16.2 Å². The predicted octanol–water partition coefficient (Wildman–Crippen LogP) is 1.30. The number of carboxylic acid groups (broad SMARTS) is 1. The van der Waals surface area contributed by atoms with E-state index in [9.17, 15) is 9.59 Å². The highest BCUT2D eigenvalue weighted by molar-refractivity contribution is 7.12. The summed E-state index contributed by atoms with van der Waals surface area (Å²) in [5, 5.41) is 8.87. The molecule has 0 spiro atoms. The van der Waals surface area contributed by atoms with Crippen molar-refractivity contribution in [2.24, 2.45) is 0 Å². The van der Waals surface area contributed by atoms with Gasteiger partial charge in [-0.25, -0.2) is 0 Å². The van der Waals surface area contributed by atoms with Crippen LogP contribution in [0.15, 0.2) is 12.1 Å². The lowest BCUT2D eigenvalue weighted by Crippen LogP contribution is -2.50. The Labute approximate surface area is 115 Å². The lowest BCUT2D eigenvalue weighted by atomic mass is 10.1. The van der Waals surface area contributed by atoms with Gasteiger partial charge in [0.1, 0.15) is 0 Å². The molecule has 1 aromatic heterocycles. The van der Waals surface area contributed by atoms with Crippen LogP contribution in [0.5, 0.6) is 0 Å². The molecule has 2 rings (SSSR count). The van der Waals surface area contributed by atoms with Crippen molar-refractivity contribution in [2.45, 2.75) is 25.8 Å². The zero-order chi connectivity index (χ0) is 13.8. The number of hydrogen-bond acceptors (Lipinski definition) is 4. The number of hydrogen-bond donors (Lipinski definition) is 1. The maximum absolute atomic E-state index is 12.3. The number of nitrogens with zero attached hydrogens (tertiary/aromatic N) is 1. The Morgan fingerprint density at radius 1 is 1.53 bits per heavy atom. The molecule has 0 radical (unpaired) electrons. The smallest absolute Gasteiger partial charge is 0.305 e. The van der Waals surface area contributed by atoms with Crippen LogP contribution in [0.3, 0.4) is 0 Å². The molecule has 104 valence electrons. The number of thiophene rings is 1. The normalized spacial score (nSPS) is 19.4. The van der Waals surface area contributed by atoms with E-state index in [1.165, 1.54) is 4.88 Å². The third kappa shape index (κ3) is 3.78. The Balaban J connectivity index is 2.00. The summed E-state index contributed by atoms with van der Waals surface area (Å²) in [5.41, 5.74) is 0. The summed E-state index contributed by atoms with van der Waals surface area (Å²) in [6, 6.07) is 3.59. The fourth-order valence-corrected chi connectivity index (χ4v) is 3.07. The fourth-order valence-electron chi connectivity index (χ4n) is 2.18. The highest BCUT2D eigenvalue weighted by atomic mass is 32.1. The molecule has 1 atom stereocenters. The van der Waals surface area contributed by atoms with Gasteiger partial charge in [0.15, 0.2) is 0 Å². The Kier molecular flexibility index (Phi) is 4.55. The molecule has 1 saturated heterocycles. The van der Waals surface area contributed by atoms with Crippen molar-refractivity contribution in [3.63, 3.8) is 0 Å². The van der Waals surface area contributed by atoms with E-state index < -0.39 is 5.97 Å².